The second-order valence-corrected chi connectivity index (χ2v) is 5.94. The molecule has 0 atom stereocenters. The summed E-state index contributed by atoms with van der Waals surface area (Å²) in [6, 6.07) is 8.55. The zero-order valence-electron chi connectivity index (χ0n) is 13.1. The maximum Gasteiger partial charge on any atom is 0.416 e. The van der Waals surface area contributed by atoms with Gasteiger partial charge in [0.25, 0.3) is 5.91 Å². The predicted molar refractivity (Wildman–Crippen MR) is 84.0 cm³/mol. The first-order valence-corrected chi connectivity index (χ1v) is 7.86. The van der Waals surface area contributed by atoms with E-state index in [1.807, 2.05) is 0 Å². The number of alkyl halides is 3. The van der Waals surface area contributed by atoms with Crippen molar-refractivity contribution in [2.75, 3.05) is 18.2 Å². The number of benzene rings is 2. The molecule has 2 aliphatic rings. The molecule has 130 valence electrons. The number of carbonyl (C=O) groups is 1. The third kappa shape index (κ3) is 2.69. The highest BCUT2D eigenvalue weighted by molar-refractivity contribution is 6.09. The van der Waals surface area contributed by atoms with E-state index in [0.717, 1.165) is 12.1 Å². The van der Waals surface area contributed by atoms with Crippen LogP contribution in [0.1, 0.15) is 27.9 Å². The number of halogens is 3. The highest BCUT2D eigenvalue weighted by Crippen LogP contribution is 2.39. The Balaban J connectivity index is 1.72. The van der Waals surface area contributed by atoms with Crippen molar-refractivity contribution in [3.8, 4) is 11.5 Å². The van der Waals surface area contributed by atoms with Crippen LogP contribution in [0.5, 0.6) is 11.5 Å². The smallest absolute Gasteiger partial charge is 0.416 e. The van der Waals surface area contributed by atoms with Crippen molar-refractivity contribution in [2.45, 2.75) is 19.0 Å². The van der Waals surface area contributed by atoms with E-state index < -0.39 is 11.7 Å². The average Bonchev–Trinajstić information content (AvgIpc) is 3.08. The lowest BCUT2D eigenvalue weighted by Crippen LogP contribution is -2.35. The van der Waals surface area contributed by atoms with Crippen molar-refractivity contribution >= 4 is 11.6 Å². The van der Waals surface area contributed by atoms with Crippen LogP contribution in [-0.2, 0) is 12.6 Å². The van der Waals surface area contributed by atoms with E-state index in [1.165, 1.54) is 11.0 Å². The first-order chi connectivity index (χ1) is 11.9. The molecular formula is C18H14F3NO3. The lowest BCUT2D eigenvalue weighted by atomic mass is 9.98. The number of para-hydroxylation sites is 1. The van der Waals surface area contributed by atoms with Gasteiger partial charge in [-0.3, -0.25) is 4.79 Å². The van der Waals surface area contributed by atoms with Crippen molar-refractivity contribution in [3.05, 3.63) is 53.1 Å². The SMILES string of the molecule is O=C(c1cccc2c1OCO2)N1CCCc2cc(C(F)(F)F)ccc21. The fourth-order valence-electron chi connectivity index (χ4n) is 3.23. The van der Waals surface area contributed by atoms with Gasteiger partial charge in [0, 0.05) is 12.2 Å². The van der Waals surface area contributed by atoms with E-state index >= 15 is 0 Å². The van der Waals surface area contributed by atoms with Crippen molar-refractivity contribution < 1.29 is 27.4 Å². The van der Waals surface area contributed by atoms with Crippen molar-refractivity contribution in [2.24, 2.45) is 0 Å². The Morgan fingerprint density at radius 3 is 2.76 bits per heavy atom. The number of fused-ring (bicyclic) bond motifs is 2. The molecule has 2 aromatic carbocycles. The monoisotopic (exact) mass is 349 g/mol. The van der Waals surface area contributed by atoms with Crippen molar-refractivity contribution in [3.63, 3.8) is 0 Å². The third-order valence-corrected chi connectivity index (χ3v) is 4.40. The molecule has 2 heterocycles. The van der Waals surface area contributed by atoms with Gasteiger partial charge in [0.05, 0.1) is 11.1 Å². The summed E-state index contributed by atoms with van der Waals surface area (Å²) in [6.07, 6.45) is -3.28. The lowest BCUT2D eigenvalue weighted by molar-refractivity contribution is -0.137. The lowest BCUT2D eigenvalue weighted by Gasteiger charge is -2.30. The molecule has 7 heteroatoms. The quantitative estimate of drug-likeness (QED) is 0.780. The summed E-state index contributed by atoms with van der Waals surface area (Å²) < 4.78 is 49.4. The first kappa shape index (κ1) is 15.8. The molecule has 0 aliphatic carbocycles. The minimum Gasteiger partial charge on any atom is -0.454 e. The summed E-state index contributed by atoms with van der Waals surface area (Å²) >= 11 is 0. The largest absolute Gasteiger partial charge is 0.454 e. The molecule has 1 amide bonds. The minimum atomic E-state index is -4.40. The topological polar surface area (TPSA) is 38.8 Å². The molecule has 0 saturated heterocycles. The number of carbonyl (C=O) groups excluding carboxylic acids is 1. The second kappa shape index (κ2) is 5.68. The van der Waals surface area contributed by atoms with E-state index in [4.69, 9.17) is 9.47 Å². The number of hydrogen-bond donors (Lipinski definition) is 0. The van der Waals surface area contributed by atoms with Crippen molar-refractivity contribution in [1.82, 2.24) is 0 Å². The van der Waals surface area contributed by atoms with Crippen LogP contribution in [0, 0.1) is 0 Å². The molecule has 0 fully saturated rings. The highest BCUT2D eigenvalue weighted by Gasteiger charge is 2.33. The fraction of sp³-hybridized carbons (Fsp3) is 0.278. The molecule has 4 rings (SSSR count). The van der Waals surface area contributed by atoms with Crippen LogP contribution in [0.3, 0.4) is 0 Å². The Morgan fingerprint density at radius 2 is 1.96 bits per heavy atom. The molecular weight excluding hydrogens is 335 g/mol. The highest BCUT2D eigenvalue weighted by atomic mass is 19.4. The maximum atomic E-state index is 13.0. The Morgan fingerprint density at radius 1 is 1.12 bits per heavy atom. The van der Waals surface area contributed by atoms with Crippen LogP contribution in [-0.4, -0.2) is 19.2 Å². The summed E-state index contributed by atoms with van der Waals surface area (Å²) in [4.78, 5) is 14.5. The van der Waals surface area contributed by atoms with Gasteiger partial charge in [-0.2, -0.15) is 13.2 Å². The number of ether oxygens (including phenoxy) is 2. The van der Waals surface area contributed by atoms with Gasteiger partial charge >= 0.3 is 6.18 Å². The zero-order chi connectivity index (χ0) is 17.6. The van der Waals surface area contributed by atoms with Gasteiger partial charge in [0.2, 0.25) is 6.79 Å². The number of nitrogens with zero attached hydrogens (tertiary/aromatic N) is 1. The fourth-order valence-corrected chi connectivity index (χ4v) is 3.23. The number of hydrogen-bond acceptors (Lipinski definition) is 3. The third-order valence-electron chi connectivity index (χ3n) is 4.40. The standard InChI is InChI=1S/C18H14F3NO3/c19-18(20,21)12-6-7-14-11(9-12)3-2-8-22(14)17(23)13-4-1-5-15-16(13)25-10-24-15/h1,4-7,9H,2-3,8,10H2. The molecule has 25 heavy (non-hydrogen) atoms. The molecule has 0 spiro atoms. The van der Waals surface area contributed by atoms with E-state index in [-0.39, 0.29) is 12.7 Å². The van der Waals surface area contributed by atoms with E-state index in [2.05, 4.69) is 0 Å². The van der Waals surface area contributed by atoms with E-state index in [0.29, 0.717) is 47.7 Å². The molecule has 2 aromatic rings. The summed E-state index contributed by atoms with van der Waals surface area (Å²) in [5.74, 6) is 0.574. The van der Waals surface area contributed by atoms with Gasteiger partial charge in [-0.1, -0.05) is 6.07 Å². The van der Waals surface area contributed by atoms with Crippen LogP contribution in [0.15, 0.2) is 36.4 Å². The Hall–Kier alpha value is -2.70. The van der Waals surface area contributed by atoms with E-state index in [1.54, 1.807) is 18.2 Å². The molecule has 0 bridgehead atoms. The van der Waals surface area contributed by atoms with Crippen LogP contribution in [0.25, 0.3) is 0 Å². The molecule has 0 aromatic heterocycles. The van der Waals surface area contributed by atoms with Gasteiger partial charge in [0.15, 0.2) is 11.5 Å². The number of amides is 1. The van der Waals surface area contributed by atoms with Crippen LogP contribution in [0.2, 0.25) is 0 Å². The van der Waals surface area contributed by atoms with Gasteiger partial charge in [-0.25, -0.2) is 0 Å². The maximum absolute atomic E-state index is 13.0. The van der Waals surface area contributed by atoms with Crippen LogP contribution >= 0.6 is 0 Å². The van der Waals surface area contributed by atoms with Gasteiger partial charge in [-0.15, -0.1) is 0 Å². The molecule has 0 unspecified atom stereocenters. The normalized spacial score (nSPS) is 15.9. The van der Waals surface area contributed by atoms with Crippen molar-refractivity contribution in [1.29, 1.82) is 0 Å². The summed E-state index contributed by atoms with van der Waals surface area (Å²) in [5.41, 5.74) is 0.695. The van der Waals surface area contributed by atoms with Crippen LogP contribution in [0.4, 0.5) is 18.9 Å². The summed E-state index contributed by atoms with van der Waals surface area (Å²) in [5, 5.41) is 0. The first-order valence-electron chi connectivity index (χ1n) is 7.86. The molecule has 2 aliphatic heterocycles. The number of anilines is 1. The molecule has 4 nitrogen and oxygen atoms in total. The summed E-state index contributed by atoms with van der Waals surface area (Å²) in [7, 11) is 0. The summed E-state index contributed by atoms with van der Waals surface area (Å²) in [6.45, 7) is 0.493. The van der Waals surface area contributed by atoms with Crippen LogP contribution < -0.4 is 14.4 Å². The number of rotatable bonds is 1. The van der Waals surface area contributed by atoms with E-state index in [9.17, 15) is 18.0 Å². The van der Waals surface area contributed by atoms with Gasteiger partial charge in [-0.05, 0) is 48.7 Å². The Labute approximate surface area is 141 Å². The molecule has 0 saturated carbocycles. The number of aryl methyl sites for hydroxylation is 1. The Kier molecular flexibility index (Phi) is 3.59. The average molecular weight is 349 g/mol. The van der Waals surface area contributed by atoms with Gasteiger partial charge in [0.1, 0.15) is 0 Å². The predicted octanol–water partition coefficient (Wildman–Crippen LogP) is 4.03. The molecule has 0 N–H and O–H groups in total. The van der Waals surface area contributed by atoms with Gasteiger partial charge < -0.3 is 14.4 Å². The Bertz CT molecular complexity index is 848. The molecule has 0 radical (unpaired) electrons. The zero-order valence-corrected chi connectivity index (χ0v) is 13.1. The minimum absolute atomic E-state index is 0.0468. The second-order valence-electron chi connectivity index (χ2n) is 5.94.